The van der Waals surface area contributed by atoms with Gasteiger partial charge >= 0.3 is 5.69 Å². The molecule has 26 heavy (non-hydrogen) atoms. The van der Waals surface area contributed by atoms with E-state index in [1.165, 1.54) is 18.5 Å². The molecule has 14 nitrogen and oxygen atoms in total. The summed E-state index contributed by atoms with van der Waals surface area (Å²) in [6.45, 7) is 0. The second-order valence-electron chi connectivity index (χ2n) is 4.73. The van der Waals surface area contributed by atoms with Crippen molar-refractivity contribution in [3.8, 4) is 11.6 Å². The third kappa shape index (κ3) is 3.28. The zero-order valence-corrected chi connectivity index (χ0v) is 12.7. The van der Waals surface area contributed by atoms with Crippen molar-refractivity contribution in [3.63, 3.8) is 0 Å². The Labute approximate surface area is 143 Å². The van der Waals surface area contributed by atoms with Crippen LogP contribution in [-0.4, -0.2) is 47.5 Å². The number of nitrogens with two attached hydrogens (primary N) is 1. The van der Waals surface area contributed by atoms with E-state index < -0.39 is 22.3 Å². The highest BCUT2D eigenvalue weighted by Crippen LogP contribution is 2.25. The summed E-state index contributed by atoms with van der Waals surface area (Å²) in [4.78, 5) is 21.8. The van der Waals surface area contributed by atoms with E-state index in [1.807, 2.05) is 0 Å². The number of carbonyl (C=O) groups excluding carboxylic acids is 1. The van der Waals surface area contributed by atoms with Gasteiger partial charge in [-0.05, 0) is 28.0 Å². The summed E-state index contributed by atoms with van der Waals surface area (Å²) in [5, 5.41) is 38.0. The van der Waals surface area contributed by atoms with Crippen molar-refractivity contribution in [2.24, 2.45) is 5.10 Å². The van der Waals surface area contributed by atoms with E-state index in [2.05, 4.69) is 35.8 Å². The van der Waals surface area contributed by atoms with Crippen LogP contribution >= 0.6 is 0 Å². The summed E-state index contributed by atoms with van der Waals surface area (Å²) in [5.74, 6) is -1.17. The Morgan fingerprint density at radius 2 is 2.27 bits per heavy atom. The molecule has 3 aromatic rings. The highest BCUT2D eigenvalue weighted by molar-refractivity contribution is 5.92. The fourth-order valence-electron chi connectivity index (χ4n) is 1.82. The number of amides is 1. The molecule has 2 aromatic heterocycles. The Morgan fingerprint density at radius 1 is 1.46 bits per heavy atom. The smallest absolute Gasteiger partial charge is 0.310 e. The summed E-state index contributed by atoms with van der Waals surface area (Å²) in [6, 6.07) is 3.59. The molecule has 0 saturated heterocycles. The number of phenolic OH excluding ortho intramolecular Hbond substituents is 1. The first-order valence-corrected chi connectivity index (χ1v) is 6.77. The van der Waals surface area contributed by atoms with Gasteiger partial charge in [-0.2, -0.15) is 9.78 Å². The molecule has 0 unspecified atom stereocenters. The predicted molar refractivity (Wildman–Crippen MR) is 83.4 cm³/mol. The SMILES string of the molecule is Nc1nonc1-n1cc(C(=O)NN=Cc2ccc([N+](=O)[O-])c(O)c2)nn1. The average molecular weight is 359 g/mol. The lowest BCUT2D eigenvalue weighted by Crippen LogP contribution is -2.18. The van der Waals surface area contributed by atoms with Crippen molar-refractivity contribution < 1.29 is 19.5 Å². The van der Waals surface area contributed by atoms with E-state index in [-0.39, 0.29) is 17.3 Å². The molecular formula is C12H9N9O5. The largest absolute Gasteiger partial charge is 0.502 e. The van der Waals surface area contributed by atoms with Gasteiger partial charge in [-0.25, -0.2) is 10.1 Å². The number of nitro groups is 1. The maximum Gasteiger partial charge on any atom is 0.310 e. The summed E-state index contributed by atoms with van der Waals surface area (Å²) in [5.41, 5.74) is 7.49. The van der Waals surface area contributed by atoms with Crippen molar-refractivity contribution in [2.45, 2.75) is 0 Å². The number of anilines is 1. The zero-order valence-electron chi connectivity index (χ0n) is 12.7. The number of hydrazone groups is 1. The number of hydrogen-bond acceptors (Lipinski definition) is 11. The normalized spacial score (nSPS) is 10.9. The van der Waals surface area contributed by atoms with Crippen LogP contribution in [0.4, 0.5) is 11.5 Å². The molecule has 0 fully saturated rings. The molecule has 0 radical (unpaired) electrons. The second kappa shape index (κ2) is 6.63. The number of aromatic nitrogens is 5. The fourth-order valence-corrected chi connectivity index (χ4v) is 1.82. The van der Waals surface area contributed by atoms with Crippen molar-refractivity contribution >= 4 is 23.6 Å². The minimum atomic E-state index is -0.724. The third-order valence-electron chi connectivity index (χ3n) is 3.01. The molecule has 0 spiro atoms. The van der Waals surface area contributed by atoms with Crippen LogP contribution < -0.4 is 11.2 Å². The van der Waals surface area contributed by atoms with Crippen LogP contribution in [0.2, 0.25) is 0 Å². The number of hydrogen-bond donors (Lipinski definition) is 3. The first kappa shape index (κ1) is 16.5. The van der Waals surface area contributed by atoms with Gasteiger partial charge in [-0.3, -0.25) is 14.9 Å². The van der Waals surface area contributed by atoms with E-state index in [4.69, 9.17) is 5.73 Å². The van der Waals surface area contributed by atoms with Crippen LogP contribution in [0.25, 0.3) is 5.82 Å². The predicted octanol–water partition coefficient (Wildman–Crippen LogP) is -0.390. The van der Waals surface area contributed by atoms with Crippen molar-refractivity contribution in [3.05, 3.63) is 45.8 Å². The second-order valence-corrected chi connectivity index (χ2v) is 4.73. The van der Waals surface area contributed by atoms with Crippen LogP contribution in [0, 0.1) is 10.1 Å². The number of benzene rings is 1. The molecule has 0 bridgehead atoms. The first-order valence-electron chi connectivity index (χ1n) is 6.77. The van der Waals surface area contributed by atoms with E-state index in [0.717, 1.165) is 16.8 Å². The summed E-state index contributed by atoms with van der Waals surface area (Å²) in [6.07, 6.45) is 2.42. The van der Waals surface area contributed by atoms with E-state index in [0.29, 0.717) is 5.56 Å². The van der Waals surface area contributed by atoms with Crippen LogP contribution in [-0.2, 0) is 0 Å². The summed E-state index contributed by atoms with van der Waals surface area (Å²) in [7, 11) is 0. The minimum Gasteiger partial charge on any atom is -0.502 e. The summed E-state index contributed by atoms with van der Waals surface area (Å²) < 4.78 is 5.51. The number of phenols is 1. The molecule has 0 saturated carbocycles. The van der Waals surface area contributed by atoms with E-state index >= 15 is 0 Å². The molecule has 3 rings (SSSR count). The average Bonchev–Trinajstić information content (AvgIpc) is 3.23. The third-order valence-corrected chi connectivity index (χ3v) is 3.01. The minimum absolute atomic E-state index is 0.0298. The standard InChI is InChI=1S/C12H9N9O5/c13-10-11(18-26-17-10)20-5-7(15-19-20)12(23)16-14-4-6-1-2-8(21(24)25)9(22)3-6/h1-5,22H,(H2,13,17)(H,16,23). The number of aromatic hydroxyl groups is 1. The highest BCUT2D eigenvalue weighted by Gasteiger charge is 2.15. The summed E-state index contributed by atoms with van der Waals surface area (Å²) >= 11 is 0. The van der Waals surface area contributed by atoms with Gasteiger partial charge in [-0.1, -0.05) is 5.21 Å². The molecule has 0 aliphatic rings. The number of carbonyl (C=O) groups is 1. The van der Waals surface area contributed by atoms with Crippen molar-refractivity contribution in [1.29, 1.82) is 0 Å². The molecule has 0 aliphatic heterocycles. The fraction of sp³-hybridized carbons (Fsp3) is 0. The van der Waals surface area contributed by atoms with E-state index in [1.54, 1.807) is 0 Å². The monoisotopic (exact) mass is 359 g/mol. The van der Waals surface area contributed by atoms with Crippen LogP contribution in [0.1, 0.15) is 16.1 Å². The van der Waals surface area contributed by atoms with Crippen LogP contribution in [0.3, 0.4) is 0 Å². The lowest BCUT2D eigenvalue weighted by Gasteiger charge is -1.98. The van der Waals surface area contributed by atoms with Gasteiger partial charge in [-0.15, -0.1) is 5.10 Å². The van der Waals surface area contributed by atoms with Gasteiger partial charge in [0.2, 0.25) is 11.6 Å². The Bertz CT molecular complexity index is 1010. The van der Waals surface area contributed by atoms with Crippen molar-refractivity contribution in [1.82, 2.24) is 30.7 Å². The molecule has 0 atom stereocenters. The highest BCUT2D eigenvalue weighted by atomic mass is 16.6. The quantitative estimate of drug-likeness (QED) is 0.306. The lowest BCUT2D eigenvalue weighted by molar-refractivity contribution is -0.385. The Balaban J connectivity index is 1.67. The zero-order chi connectivity index (χ0) is 18.7. The van der Waals surface area contributed by atoms with E-state index in [9.17, 15) is 20.0 Å². The molecule has 4 N–H and O–H groups in total. The Kier molecular flexibility index (Phi) is 4.21. The molecule has 14 heteroatoms. The number of nitrogens with zero attached hydrogens (tertiary/aromatic N) is 7. The molecule has 1 aromatic carbocycles. The maximum absolute atomic E-state index is 11.9. The lowest BCUT2D eigenvalue weighted by atomic mass is 10.2. The molecular weight excluding hydrogens is 350 g/mol. The number of nitro benzene ring substituents is 1. The van der Waals surface area contributed by atoms with Gasteiger partial charge in [0.1, 0.15) is 0 Å². The Hall–Kier alpha value is -4.36. The molecule has 132 valence electrons. The van der Waals surface area contributed by atoms with Crippen LogP contribution in [0.15, 0.2) is 34.1 Å². The van der Waals surface area contributed by atoms with Gasteiger partial charge in [0.25, 0.3) is 5.91 Å². The van der Waals surface area contributed by atoms with Gasteiger partial charge in [0.15, 0.2) is 11.4 Å². The molecule has 2 heterocycles. The number of nitrogens with one attached hydrogen (secondary N) is 1. The Morgan fingerprint density at radius 3 is 2.92 bits per heavy atom. The van der Waals surface area contributed by atoms with Crippen molar-refractivity contribution in [2.75, 3.05) is 5.73 Å². The topological polar surface area (TPSA) is 200 Å². The number of rotatable bonds is 5. The maximum atomic E-state index is 11.9. The van der Waals surface area contributed by atoms with Gasteiger partial charge in [0, 0.05) is 6.07 Å². The molecule has 0 aliphatic carbocycles. The van der Waals surface area contributed by atoms with Crippen LogP contribution in [0.5, 0.6) is 5.75 Å². The molecule has 1 amide bonds. The first-order chi connectivity index (χ1) is 12.5. The van der Waals surface area contributed by atoms with Gasteiger partial charge in [0.05, 0.1) is 17.3 Å². The number of nitrogen functional groups attached to an aromatic ring is 1. The van der Waals surface area contributed by atoms with Gasteiger partial charge < -0.3 is 10.8 Å².